The summed E-state index contributed by atoms with van der Waals surface area (Å²) in [5.74, 6) is 3.50. The zero-order valence-electron chi connectivity index (χ0n) is 2.63. The van der Waals surface area contributed by atoms with Crippen molar-refractivity contribution in [1.29, 1.82) is 0 Å². The molecule has 30 valence electrons. The molecule has 0 aliphatic heterocycles. The van der Waals surface area contributed by atoms with E-state index in [4.69, 9.17) is 10.7 Å². The minimum absolute atomic E-state index is 2.25. The van der Waals surface area contributed by atoms with Crippen molar-refractivity contribution in [3.63, 3.8) is 0 Å². The van der Waals surface area contributed by atoms with Gasteiger partial charge in [0.15, 0.2) is 0 Å². The normalized spacial score (nSPS) is 2.80. The molecule has 0 aromatic heterocycles. The van der Waals surface area contributed by atoms with Crippen molar-refractivity contribution in [1.82, 2.24) is 0 Å². The van der Waals surface area contributed by atoms with Crippen LogP contribution in [0.4, 0.5) is 0 Å². The fourth-order valence-corrected chi connectivity index (χ4v) is 0. The molecule has 0 heterocycles. The van der Waals surface area contributed by atoms with Crippen molar-refractivity contribution in [3.05, 3.63) is 5.53 Å². The van der Waals surface area contributed by atoms with Crippen molar-refractivity contribution < 1.29 is 10.00 Å². The summed E-state index contributed by atoms with van der Waals surface area (Å²) in [6.07, 6.45) is 0. The highest BCUT2D eigenvalue weighted by atomic mass is 16.4. The Kier molecular flexibility index (Phi) is 343. The van der Waals surface area contributed by atoms with Crippen LogP contribution in [-0.4, -0.2) is 16.7 Å². The number of nitrogens with zero attached hydrogens (tertiary/aromatic N) is 2. The van der Waals surface area contributed by atoms with Crippen LogP contribution in [-0.2, 0) is 0 Å². The van der Waals surface area contributed by atoms with Crippen LogP contribution >= 0.6 is 0 Å². The lowest BCUT2D eigenvalue weighted by Gasteiger charge is -1.27. The fourth-order valence-electron chi connectivity index (χ4n) is 0. The van der Waals surface area contributed by atoms with E-state index in [1.54, 1.807) is 0 Å². The Hall–Kier alpha value is -0.700. The van der Waals surface area contributed by atoms with Crippen LogP contribution in [0.1, 0.15) is 0 Å². The van der Waals surface area contributed by atoms with E-state index in [1.807, 2.05) is 0 Å². The highest BCUT2D eigenvalue weighted by molar-refractivity contribution is 5.12. The zero-order chi connectivity index (χ0) is 4.71. The summed E-state index contributed by atoms with van der Waals surface area (Å²) in [5, 5.41) is 6.50. The quantitative estimate of drug-likeness (QED) is 0.172. The first-order valence-corrected chi connectivity index (χ1v) is 0.774. The second-order valence-corrected chi connectivity index (χ2v) is 0.141. The summed E-state index contributed by atoms with van der Waals surface area (Å²) in [7, 11) is 0. The van der Waals surface area contributed by atoms with Crippen molar-refractivity contribution >= 4 is 6.72 Å². The lowest BCUT2D eigenvalue weighted by molar-refractivity contribution is 0.0110. The fraction of sp³-hybridized carbons (Fsp3) is 0. The molecule has 0 aromatic carbocycles. The van der Waals surface area contributed by atoms with Gasteiger partial charge in [0.2, 0.25) is 6.72 Å². The third-order valence-electron chi connectivity index (χ3n) is 0. The summed E-state index contributed by atoms with van der Waals surface area (Å²) < 4.78 is 0. The maximum Gasteiger partial charge on any atom is 0.245 e. The Balaban J connectivity index is 0. The van der Waals surface area contributed by atoms with Gasteiger partial charge in [0.1, 0.15) is 0 Å². The SMILES string of the molecule is C=[N+]=[N-].NO. The second-order valence-electron chi connectivity index (χ2n) is 0.141. The summed E-state index contributed by atoms with van der Waals surface area (Å²) in [6, 6.07) is 0. The largest absolute Gasteiger partial charge is 0.362 e. The van der Waals surface area contributed by atoms with Gasteiger partial charge in [0.05, 0.1) is 0 Å². The third kappa shape index (κ3) is 11.4. The van der Waals surface area contributed by atoms with Gasteiger partial charge in [-0.25, -0.2) is 5.90 Å². The van der Waals surface area contributed by atoms with E-state index in [1.165, 1.54) is 0 Å². The van der Waals surface area contributed by atoms with Gasteiger partial charge in [-0.1, -0.05) is 0 Å². The standard InChI is InChI=1S/CH2N2.H3NO/c1-3-2;1-2/h1H2;2H,1H2. The molecule has 0 unspecified atom stereocenters. The van der Waals surface area contributed by atoms with Crippen LogP contribution in [0.2, 0.25) is 0 Å². The van der Waals surface area contributed by atoms with Crippen molar-refractivity contribution in [2.45, 2.75) is 0 Å². The Labute approximate surface area is 29.4 Å². The highest BCUT2D eigenvalue weighted by Gasteiger charge is 0.932. The lowest BCUT2D eigenvalue weighted by Crippen LogP contribution is -1.72. The van der Waals surface area contributed by atoms with Gasteiger partial charge < -0.3 is 10.7 Å². The Morgan fingerprint density at radius 1 is 1.80 bits per heavy atom. The zero-order valence-corrected chi connectivity index (χ0v) is 2.63. The molecule has 0 radical (unpaired) electrons. The predicted molar refractivity (Wildman–Crippen MR) is 16.7 cm³/mol. The van der Waals surface area contributed by atoms with Gasteiger partial charge in [-0.05, 0) is 0 Å². The third-order valence-corrected chi connectivity index (χ3v) is 0. The highest BCUT2D eigenvalue weighted by Crippen LogP contribution is 0.902. The average molecular weight is 75.1 g/mol. The first kappa shape index (κ1) is 8.85. The lowest BCUT2D eigenvalue weighted by atomic mass is 11.8. The Morgan fingerprint density at radius 3 is 1.80 bits per heavy atom. The van der Waals surface area contributed by atoms with Gasteiger partial charge in [-0.2, -0.15) is 4.79 Å². The number of nitrogens with two attached hydrogens (primary N) is 1. The molecule has 0 spiro atoms. The molecule has 4 heteroatoms. The van der Waals surface area contributed by atoms with Gasteiger partial charge in [-0.3, -0.25) is 0 Å². The van der Waals surface area contributed by atoms with E-state index in [-0.39, 0.29) is 0 Å². The summed E-state index contributed by atoms with van der Waals surface area (Å²) in [5.41, 5.74) is 7.08. The monoisotopic (exact) mass is 75.0 g/mol. The van der Waals surface area contributed by atoms with Gasteiger partial charge in [0.25, 0.3) is 0 Å². The van der Waals surface area contributed by atoms with E-state index in [0.717, 1.165) is 0 Å². The number of hydrogen-bond donors (Lipinski definition) is 2. The predicted octanol–water partition coefficient (Wildman–Crippen LogP) is -0.749. The smallest absolute Gasteiger partial charge is 0.245 e. The molecule has 0 aliphatic carbocycles. The minimum atomic E-state index is 2.25. The van der Waals surface area contributed by atoms with Crippen LogP contribution in [0.3, 0.4) is 0 Å². The minimum Gasteiger partial charge on any atom is -0.362 e. The van der Waals surface area contributed by atoms with E-state index in [0.29, 0.717) is 0 Å². The molecular formula is CH5N3O. The molecule has 3 N–H and O–H groups in total. The average Bonchev–Trinajstić information content (AvgIpc) is 1.46. The van der Waals surface area contributed by atoms with E-state index >= 15 is 0 Å². The van der Waals surface area contributed by atoms with Crippen LogP contribution in [0.15, 0.2) is 0 Å². The molecule has 4 nitrogen and oxygen atoms in total. The van der Waals surface area contributed by atoms with Gasteiger partial charge >= 0.3 is 0 Å². The molecule has 0 amide bonds. The van der Waals surface area contributed by atoms with Gasteiger partial charge in [-0.15, -0.1) is 0 Å². The van der Waals surface area contributed by atoms with Crippen LogP contribution < -0.4 is 5.90 Å². The summed E-state index contributed by atoms with van der Waals surface area (Å²) in [6.45, 7) is 2.67. The second kappa shape index (κ2) is 194. The molecule has 0 aromatic rings. The summed E-state index contributed by atoms with van der Waals surface area (Å²) in [4.78, 5) is 2.25. The summed E-state index contributed by atoms with van der Waals surface area (Å²) >= 11 is 0. The number of rotatable bonds is 0. The number of hydrogen-bond acceptors (Lipinski definition) is 2. The molecule has 0 atom stereocenters. The van der Waals surface area contributed by atoms with Crippen molar-refractivity contribution in [2.75, 3.05) is 0 Å². The van der Waals surface area contributed by atoms with E-state index in [2.05, 4.69) is 17.4 Å². The molecule has 0 aliphatic rings. The molecule has 0 saturated heterocycles. The first-order chi connectivity index (χ1) is 2.41. The Morgan fingerprint density at radius 2 is 1.80 bits per heavy atom. The van der Waals surface area contributed by atoms with Crippen molar-refractivity contribution in [3.8, 4) is 0 Å². The molecule has 0 fully saturated rings. The van der Waals surface area contributed by atoms with E-state index in [9.17, 15) is 0 Å². The first-order valence-electron chi connectivity index (χ1n) is 0.774. The topological polar surface area (TPSA) is 82.7 Å². The molecule has 0 bridgehead atoms. The van der Waals surface area contributed by atoms with Gasteiger partial charge in [0, 0.05) is 0 Å². The van der Waals surface area contributed by atoms with Crippen LogP contribution in [0.5, 0.6) is 0 Å². The van der Waals surface area contributed by atoms with Crippen LogP contribution in [0, 0.1) is 0 Å². The molecule has 5 heavy (non-hydrogen) atoms. The molecule has 0 saturated carbocycles. The maximum atomic E-state index is 7.08. The maximum absolute atomic E-state index is 7.08. The van der Waals surface area contributed by atoms with Crippen molar-refractivity contribution in [2.24, 2.45) is 5.90 Å². The van der Waals surface area contributed by atoms with E-state index < -0.39 is 0 Å². The Bertz CT molecular complexity index is 27.9. The molecule has 0 rings (SSSR count). The van der Waals surface area contributed by atoms with Crippen LogP contribution in [0.25, 0.3) is 5.53 Å². The molecular weight excluding hydrogens is 70.0 g/mol.